The first-order chi connectivity index (χ1) is 10.2. The lowest BCUT2D eigenvalue weighted by atomic mass is 10.1. The SMILES string of the molecule is COc1c(C)cnc(CSC2CC3=C(CCC=C3)O2)c1C. The molecule has 0 spiro atoms. The predicted octanol–water partition coefficient (Wildman–Crippen LogP) is 4.29. The molecule has 1 aliphatic carbocycles. The van der Waals surface area contributed by atoms with Crippen LogP contribution in [0.5, 0.6) is 5.75 Å². The summed E-state index contributed by atoms with van der Waals surface area (Å²) >= 11 is 1.83. The van der Waals surface area contributed by atoms with E-state index in [1.54, 1.807) is 7.11 Å². The van der Waals surface area contributed by atoms with Gasteiger partial charge < -0.3 is 9.47 Å². The van der Waals surface area contributed by atoms with Gasteiger partial charge >= 0.3 is 0 Å². The largest absolute Gasteiger partial charge is 0.496 e. The van der Waals surface area contributed by atoms with Crippen molar-refractivity contribution in [1.82, 2.24) is 4.98 Å². The second-order valence-electron chi connectivity index (χ2n) is 5.50. The number of hydrogen-bond donors (Lipinski definition) is 0. The van der Waals surface area contributed by atoms with Crippen LogP contribution in [0.3, 0.4) is 0 Å². The summed E-state index contributed by atoms with van der Waals surface area (Å²) in [5.74, 6) is 3.01. The smallest absolute Gasteiger partial charge is 0.148 e. The van der Waals surface area contributed by atoms with Gasteiger partial charge in [-0.15, -0.1) is 11.8 Å². The van der Waals surface area contributed by atoms with Crippen LogP contribution in [0.25, 0.3) is 0 Å². The van der Waals surface area contributed by atoms with Gasteiger partial charge in [-0.25, -0.2) is 0 Å². The Bertz CT molecular complexity index is 607. The molecule has 3 nitrogen and oxygen atoms in total. The maximum atomic E-state index is 6.04. The van der Waals surface area contributed by atoms with Crippen LogP contribution in [0.4, 0.5) is 0 Å². The fraction of sp³-hybridized carbons (Fsp3) is 0.471. The molecule has 0 fully saturated rings. The summed E-state index contributed by atoms with van der Waals surface area (Å²) in [4.78, 5) is 4.55. The lowest BCUT2D eigenvalue weighted by Gasteiger charge is -2.15. The predicted molar refractivity (Wildman–Crippen MR) is 86.4 cm³/mol. The van der Waals surface area contributed by atoms with Gasteiger partial charge in [-0.1, -0.05) is 12.2 Å². The third-order valence-corrected chi connectivity index (χ3v) is 5.11. The van der Waals surface area contributed by atoms with E-state index in [1.807, 2.05) is 24.9 Å². The molecule has 0 bridgehead atoms. The molecule has 2 heterocycles. The molecule has 0 radical (unpaired) electrons. The normalized spacial score (nSPS) is 20.4. The molecule has 0 saturated carbocycles. The van der Waals surface area contributed by atoms with E-state index < -0.39 is 0 Å². The zero-order valence-corrected chi connectivity index (χ0v) is 13.6. The molecule has 1 aliphatic heterocycles. The van der Waals surface area contributed by atoms with E-state index in [9.17, 15) is 0 Å². The molecule has 2 aliphatic rings. The van der Waals surface area contributed by atoms with Gasteiger partial charge in [-0.05, 0) is 25.8 Å². The first kappa shape index (κ1) is 14.5. The molecule has 0 amide bonds. The van der Waals surface area contributed by atoms with Crippen molar-refractivity contribution in [3.05, 3.63) is 46.5 Å². The number of nitrogens with zero attached hydrogens (tertiary/aromatic N) is 1. The van der Waals surface area contributed by atoms with Crippen molar-refractivity contribution < 1.29 is 9.47 Å². The van der Waals surface area contributed by atoms with E-state index in [2.05, 4.69) is 24.1 Å². The maximum absolute atomic E-state index is 6.04. The Morgan fingerprint density at radius 3 is 3.05 bits per heavy atom. The number of allylic oxidation sites excluding steroid dienone is 3. The summed E-state index contributed by atoms with van der Waals surface area (Å²) in [6.07, 6.45) is 9.52. The van der Waals surface area contributed by atoms with E-state index in [4.69, 9.17) is 9.47 Å². The Balaban J connectivity index is 1.63. The fourth-order valence-corrected chi connectivity index (χ4v) is 3.99. The van der Waals surface area contributed by atoms with Gasteiger partial charge in [0, 0.05) is 35.9 Å². The molecule has 1 atom stereocenters. The van der Waals surface area contributed by atoms with Crippen LogP contribution in [-0.4, -0.2) is 17.5 Å². The van der Waals surface area contributed by atoms with Crippen molar-refractivity contribution in [2.75, 3.05) is 7.11 Å². The fourth-order valence-electron chi connectivity index (χ4n) is 2.87. The summed E-state index contributed by atoms with van der Waals surface area (Å²) < 4.78 is 11.5. The van der Waals surface area contributed by atoms with E-state index in [1.165, 1.54) is 11.3 Å². The van der Waals surface area contributed by atoms with E-state index in [-0.39, 0.29) is 5.44 Å². The highest BCUT2D eigenvalue weighted by molar-refractivity contribution is 7.99. The molecule has 0 aromatic carbocycles. The van der Waals surface area contributed by atoms with Crippen molar-refractivity contribution in [2.24, 2.45) is 0 Å². The lowest BCUT2D eigenvalue weighted by Crippen LogP contribution is -2.04. The van der Waals surface area contributed by atoms with Crippen molar-refractivity contribution >= 4 is 11.8 Å². The van der Waals surface area contributed by atoms with Crippen LogP contribution in [0.2, 0.25) is 0 Å². The van der Waals surface area contributed by atoms with Gasteiger partial charge in [0.15, 0.2) is 0 Å². The topological polar surface area (TPSA) is 31.4 Å². The number of pyridine rings is 1. The summed E-state index contributed by atoms with van der Waals surface area (Å²) in [5.41, 5.74) is 4.92. The Kier molecular flexibility index (Phi) is 4.24. The third-order valence-electron chi connectivity index (χ3n) is 4.03. The second kappa shape index (κ2) is 6.14. The quantitative estimate of drug-likeness (QED) is 0.830. The van der Waals surface area contributed by atoms with Crippen LogP contribution >= 0.6 is 11.8 Å². The third kappa shape index (κ3) is 2.95. The van der Waals surface area contributed by atoms with Crippen LogP contribution in [0.1, 0.15) is 36.1 Å². The average molecular weight is 303 g/mol. The average Bonchev–Trinajstić information content (AvgIpc) is 2.90. The number of thioether (sulfide) groups is 1. The van der Waals surface area contributed by atoms with E-state index in [0.717, 1.165) is 47.6 Å². The summed E-state index contributed by atoms with van der Waals surface area (Å²) in [6.45, 7) is 4.11. The Labute approximate surface area is 130 Å². The number of methoxy groups -OCH3 is 1. The zero-order chi connectivity index (χ0) is 14.8. The highest BCUT2D eigenvalue weighted by atomic mass is 32.2. The van der Waals surface area contributed by atoms with Gasteiger partial charge in [0.05, 0.1) is 12.8 Å². The molecular weight excluding hydrogens is 282 g/mol. The summed E-state index contributed by atoms with van der Waals surface area (Å²) in [5, 5.41) is 0. The van der Waals surface area contributed by atoms with Crippen LogP contribution in [-0.2, 0) is 10.5 Å². The highest BCUT2D eigenvalue weighted by Gasteiger charge is 2.26. The molecule has 1 unspecified atom stereocenters. The second-order valence-corrected chi connectivity index (χ2v) is 6.65. The van der Waals surface area contributed by atoms with Gasteiger partial charge in [0.2, 0.25) is 0 Å². The van der Waals surface area contributed by atoms with Crippen molar-refractivity contribution in [1.29, 1.82) is 0 Å². The first-order valence-electron chi connectivity index (χ1n) is 7.35. The molecule has 4 heteroatoms. The lowest BCUT2D eigenvalue weighted by molar-refractivity contribution is 0.207. The van der Waals surface area contributed by atoms with Gasteiger partial charge in [0.25, 0.3) is 0 Å². The number of aromatic nitrogens is 1. The minimum absolute atomic E-state index is 0.228. The molecular formula is C17H21NO2S. The van der Waals surface area contributed by atoms with Crippen molar-refractivity contribution in [2.45, 2.75) is 44.3 Å². The molecule has 112 valence electrons. The van der Waals surface area contributed by atoms with E-state index in [0.29, 0.717) is 0 Å². The zero-order valence-electron chi connectivity index (χ0n) is 12.8. The summed E-state index contributed by atoms with van der Waals surface area (Å²) in [7, 11) is 1.72. The molecule has 0 saturated heterocycles. The molecule has 21 heavy (non-hydrogen) atoms. The number of hydrogen-bond acceptors (Lipinski definition) is 4. The van der Waals surface area contributed by atoms with Gasteiger partial charge in [0.1, 0.15) is 16.9 Å². The standard InChI is InChI=1S/C17H21NO2S/c1-11-9-18-14(12(2)17(11)19-3)10-21-16-8-13-6-4-5-7-15(13)20-16/h4,6,9,16H,5,7-8,10H2,1-3H3. The maximum Gasteiger partial charge on any atom is 0.148 e. The van der Waals surface area contributed by atoms with Gasteiger partial charge in [-0.2, -0.15) is 0 Å². The Hall–Kier alpha value is -1.42. The van der Waals surface area contributed by atoms with Crippen molar-refractivity contribution in [3.63, 3.8) is 0 Å². The number of ether oxygens (including phenoxy) is 2. The highest BCUT2D eigenvalue weighted by Crippen LogP contribution is 2.38. The Morgan fingerprint density at radius 1 is 1.43 bits per heavy atom. The molecule has 1 aromatic rings. The minimum atomic E-state index is 0.228. The number of rotatable bonds is 4. The molecule has 1 aromatic heterocycles. The van der Waals surface area contributed by atoms with Crippen LogP contribution < -0.4 is 4.74 Å². The van der Waals surface area contributed by atoms with E-state index >= 15 is 0 Å². The molecule has 0 N–H and O–H groups in total. The Morgan fingerprint density at radius 2 is 2.29 bits per heavy atom. The van der Waals surface area contributed by atoms with Crippen molar-refractivity contribution in [3.8, 4) is 5.75 Å². The van der Waals surface area contributed by atoms with Crippen LogP contribution in [0.15, 0.2) is 29.7 Å². The first-order valence-corrected chi connectivity index (χ1v) is 8.39. The van der Waals surface area contributed by atoms with Gasteiger partial charge in [-0.3, -0.25) is 4.98 Å². The summed E-state index contributed by atoms with van der Waals surface area (Å²) in [6, 6.07) is 0. The number of aryl methyl sites for hydroxylation is 1. The minimum Gasteiger partial charge on any atom is -0.496 e. The van der Waals surface area contributed by atoms with Crippen LogP contribution in [0, 0.1) is 13.8 Å². The monoisotopic (exact) mass is 303 g/mol. The molecule has 3 rings (SSSR count).